The molecule has 1 atom stereocenters. The van der Waals surface area contributed by atoms with E-state index in [4.69, 9.17) is 0 Å². The molecule has 0 radical (unpaired) electrons. The number of aromatic nitrogens is 1. The van der Waals surface area contributed by atoms with Gasteiger partial charge >= 0.3 is 0 Å². The molecule has 24 heavy (non-hydrogen) atoms. The third-order valence-electron chi connectivity index (χ3n) is 3.82. The van der Waals surface area contributed by atoms with Gasteiger partial charge in [-0.15, -0.1) is 6.58 Å². The number of aliphatic hydroxyl groups is 1. The van der Waals surface area contributed by atoms with E-state index in [1.165, 1.54) is 0 Å². The third kappa shape index (κ3) is 5.43. The van der Waals surface area contributed by atoms with Crippen molar-refractivity contribution in [3.63, 3.8) is 0 Å². The molecule has 1 N–H and O–H groups in total. The molecule has 1 aromatic heterocycles. The quantitative estimate of drug-likeness (QED) is 0.536. The Morgan fingerprint density at radius 3 is 2.67 bits per heavy atom. The van der Waals surface area contributed by atoms with Crippen LogP contribution >= 0.6 is 0 Å². The van der Waals surface area contributed by atoms with E-state index in [1.54, 1.807) is 31.3 Å². The number of nitrogens with zero attached hydrogens (tertiary/aromatic N) is 1. The van der Waals surface area contributed by atoms with E-state index in [1.807, 2.05) is 24.3 Å². The van der Waals surface area contributed by atoms with Crippen LogP contribution in [-0.2, 0) is 6.42 Å². The molecule has 0 saturated carbocycles. The van der Waals surface area contributed by atoms with Gasteiger partial charge in [-0.2, -0.15) is 0 Å². The van der Waals surface area contributed by atoms with Crippen molar-refractivity contribution in [2.24, 2.45) is 0 Å². The second kappa shape index (κ2) is 9.14. The predicted molar refractivity (Wildman–Crippen MR) is 98.1 cm³/mol. The van der Waals surface area contributed by atoms with Crippen LogP contribution in [0.4, 0.5) is 4.39 Å². The number of halogens is 1. The minimum atomic E-state index is -0.242. The number of allylic oxidation sites excluding steroid dienone is 2. The number of benzene rings is 1. The highest BCUT2D eigenvalue weighted by molar-refractivity contribution is 5.64. The molecule has 1 heterocycles. The van der Waals surface area contributed by atoms with Crippen molar-refractivity contribution < 1.29 is 9.50 Å². The Kier molecular flexibility index (Phi) is 6.89. The topological polar surface area (TPSA) is 33.1 Å². The van der Waals surface area contributed by atoms with Crippen LogP contribution in [-0.4, -0.2) is 16.2 Å². The van der Waals surface area contributed by atoms with E-state index in [0.717, 1.165) is 36.1 Å². The lowest BCUT2D eigenvalue weighted by atomic mass is 10.0. The Balaban J connectivity index is 2.00. The van der Waals surface area contributed by atoms with Gasteiger partial charge in [0.2, 0.25) is 0 Å². The fraction of sp³-hybridized carbons (Fsp3) is 0.286. The lowest BCUT2D eigenvalue weighted by Gasteiger charge is -2.05. The molecule has 2 nitrogen and oxygen atoms in total. The van der Waals surface area contributed by atoms with E-state index < -0.39 is 0 Å². The van der Waals surface area contributed by atoms with E-state index in [-0.39, 0.29) is 11.9 Å². The summed E-state index contributed by atoms with van der Waals surface area (Å²) >= 11 is 0. The molecule has 0 saturated heterocycles. The van der Waals surface area contributed by atoms with Crippen LogP contribution in [0, 0.1) is 5.82 Å². The summed E-state index contributed by atoms with van der Waals surface area (Å²) in [6.07, 6.45) is 10.5. The Labute approximate surface area is 143 Å². The molecule has 0 spiro atoms. The van der Waals surface area contributed by atoms with E-state index in [9.17, 15) is 9.50 Å². The van der Waals surface area contributed by atoms with Crippen molar-refractivity contribution in [2.75, 3.05) is 0 Å². The summed E-state index contributed by atoms with van der Waals surface area (Å²) in [5, 5.41) is 9.21. The normalized spacial score (nSPS) is 12.5. The van der Waals surface area contributed by atoms with E-state index in [0.29, 0.717) is 12.0 Å². The van der Waals surface area contributed by atoms with Gasteiger partial charge in [0.1, 0.15) is 5.82 Å². The summed E-state index contributed by atoms with van der Waals surface area (Å²) in [6.45, 7) is 5.44. The van der Waals surface area contributed by atoms with Crippen LogP contribution in [0.2, 0.25) is 0 Å². The second-order valence-corrected chi connectivity index (χ2v) is 5.95. The molecule has 0 fully saturated rings. The molecule has 0 bridgehead atoms. The SMILES string of the molecule is C=CCc1ccc(-c2ccc(/C=C/CCCC(C)O)nc2)cc1F. The number of unbranched alkanes of at least 4 members (excludes halogenated alkanes) is 1. The summed E-state index contributed by atoms with van der Waals surface area (Å²) in [6, 6.07) is 9.12. The van der Waals surface area contributed by atoms with Crippen LogP contribution in [0.25, 0.3) is 17.2 Å². The van der Waals surface area contributed by atoms with Gasteiger partial charge in [-0.05, 0) is 61.9 Å². The first kappa shape index (κ1) is 18.1. The Hall–Kier alpha value is -2.26. The van der Waals surface area contributed by atoms with Crippen molar-refractivity contribution in [3.05, 3.63) is 72.3 Å². The van der Waals surface area contributed by atoms with Crippen LogP contribution in [0.15, 0.2) is 55.3 Å². The highest BCUT2D eigenvalue weighted by atomic mass is 19.1. The lowest BCUT2D eigenvalue weighted by Crippen LogP contribution is -1.97. The molecule has 0 aliphatic heterocycles. The first-order valence-electron chi connectivity index (χ1n) is 8.30. The van der Waals surface area contributed by atoms with Crippen molar-refractivity contribution in [3.8, 4) is 11.1 Å². The summed E-state index contributed by atoms with van der Waals surface area (Å²) in [4.78, 5) is 4.40. The predicted octanol–water partition coefficient (Wildman–Crippen LogP) is 5.18. The lowest BCUT2D eigenvalue weighted by molar-refractivity contribution is 0.182. The van der Waals surface area contributed by atoms with Crippen LogP contribution in [0.3, 0.4) is 0 Å². The monoisotopic (exact) mass is 325 g/mol. The zero-order valence-electron chi connectivity index (χ0n) is 14.1. The van der Waals surface area contributed by atoms with Gasteiger partial charge in [-0.3, -0.25) is 4.98 Å². The number of hydrogen-bond acceptors (Lipinski definition) is 2. The van der Waals surface area contributed by atoms with Gasteiger partial charge in [-0.1, -0.05) is 30.4 Å². The summed E-state index contributed by atoms with van der Waals surface area (Å²) < 4.78 is 14.0. The zero-order valence-corrected chi connectivity index (χ0v) is 14.1. The van der Waals surface area contributed by atoms with Crippen LogP contribution < -0.4 is 0 Å². The molecule has 0 amide bonds. The van der Waals surface area contributed by atoms with Gasteiger partial charge in [0.25, 0.3) is 0 Å². The van der Waals surface area contributed by atoms with Gasteiger partial charge in [0, 0.05) is 11.8 Å². The molecule has 126 valence electrons. The number of hydrogen-bond donors (Lipinski definition) is 1. The molecular weight excluding hydrogens is 301 g/mol. The van der Waals surface area contributed by atoms with Crippen molar-refractivity contribution in [2.45, 2.75) is 38.7 Å². The fourth-order valence-corrected chi connectivity index (χ4v) is 2.46. The van der Waals surface area contributed by atoms with Crippen LogP contribution in [0.1, 0.15) is 37.4 Å². The zero-order chi connectivity index (χ0) is 17.4. The molecule has 3 heteroatoms. The molecule has 1 aromatic carbocycles. The molecule has 2 rings (SSSR count). The van der Waals surface area contributed by atoms with Gasteiger partial charge in [0.15, 0.2) is 0 Å². The minimum Gasteiger partial charge on any atom is -0.393 e. The highest BCUT2D eigenvalue weighted by Gasteiger charge is 2.04. The summed E-state index contributed by atoms with van der Waals surface area (Å²) in [5.74, 6) is -0.213. The molecule has 0 aliphatic carbocycles. The van der Waals surface area contributed by atoms with E-state index >= 15 is 0 Å². The number of pyridine rings is 1. The van der Waals surface area contributed by atoms with Crippen molar-refractivity contribution in [1.82, 2.24) is 4.98 Å². The largest absolute Gasteiger partial charge is 0.393 e. The van der Waals surface area contributed by atoms with Crippen LogP contribution in [0.5, 0.6) is 0 Å². The van der Waals surface area contributed by atoms with Crippen molar-refractivity contribution in [1.29, 1.82) is 0 Å². The first-order chi connectivity index (χ1) is 11.6. The standard InChI is InChI=1S/C21H24FNO/c1-3-7-17-10-11-18(14-21(17)22)19-12-13-20(23-15-19)9-6-4-5-8-16(2)24/h3,6,9-16,24H,1,4-5,7-8H2,2H3/b9-6+. The van der Waals surface area contributed by atoms with Gasteiger partial charge in [-0.25, -0.2) is 4.39 Å². The first-order valence-corrected chi connectivity index (χ1v) is 8.30. The highest BCUT2D eigenvalue weighted by Crippen LogP contribution is 2.22. The number of rotatable bonds is 8. The maximum atomic E-state index is 14.0. The Morgan fingerprint density at radius 1 is 1.25 bits per heavy atom. The van der Waals surface area contributed by atoms with E-state index in [2.05, 4.69) is 17.6 Å². The average molecular weight is 325 g/mol. The summed E-state index contributed by atoms with van der Waals surface area (Å²) in [7, 11) is 0. The Morgan fingerprint density at radius 2 is 2.04 bits per heavy atom. The average Bonchev–Trinajstić information content (AvgIpc) is 2.57. The Bertz CT molecular complexity index is 689. The second-order valence-electron chi connectivity index (χ2n) is 5.95. The summed E-state index contributed by atoms with van der Waals surface area (Å²) in [5.41, 5.74) is 3.24. The molecule has 0 aliphatic rings. The molecular formula is C21H24FNO. The maximum Gasteiger partial charge on any atom is 0.127 e. The minimum absolute atomic E-state index is 0.213. The number of aliphatic hydroxyl groups excluding tert-OH is 1. The van der Waals surface area contributed by atoms with Crippen molar-refractivity contribution >= 4 is 6.08 Å². The molecule has 1 unspecified atom stereocenters. The molecule has 2 aromatic rings. The third-order valence-corrected chi connectivity index (χ3v) is 3.82. The smallest absolute Gasteiger partial charge is 0.127 e. The fourth-order valence-electron chi connectivity index (χ4n) is 2.46. The maximum absolute atomic E-state index is 14.0. The van der Waals surface area contributed by atoms with Gasteiger partial charge < -0.3 is 5.11 Å². The van der Waals surface area contributed by atoms with Gasteiger partial charge in [0.05, 0.1) is 11.8 Å².